The Morgan fingerprint density at radius 1 is 1.53 bits per heavy atom. The SMILES string of the molecule is COC(=O)c1nccc(NCc2cn(C)nc2C)n1. The van der Waals surface area contributed by atoms with Crippen LogP contribution in [0.5, 0.6) is 0 Å². The molecule has 2 rings (SSSR count). The summed E-state index contributed by atoms with van der Waals surface area (Å²) in [6, 6.07) is 1.69. The Bertz CT molecular complexity index is 594. The van der Waals surface area contributed by atoms with Gasteiger partial charge in [-0.15, -0.1) is 0 Å². The molecule has 0 atom stereocenters. The van der Waals surface area contributed by atoms with Crippen molar-refractivity contribution in [1.82, 2.24) is 19.7 Å². The summed E-state index contributed by atoms with van der Waals surface area (Å²) in [5, 5.41) is 7.37. The summed E-state index contributed by atoms with van der Waals surface area (Å²) in [7, 11) is 3.17. The summed E-state index contributed by atoms with van der Waals surface area (Å²) >= 11 is 0. The fourth-order valence-corrected chi connectivity index (χ4v) is 1.65. The molecule has 0 aromatic carbocycles. The van der Waals surface area contributed by atoms with Gasteiger partial charge >= 0.3 is 5.97 Å². The Morgan fingerprint density at radius 3 is 2.95 bits per heavy atom. The number of hydrogen-bond acceptors (Lipinski definition) is 6. The molecule has 0 bridgehead atoms. The predicted molar refractivity (Wildman–Crippen MR) is 68.6 cm³/mol. The van der Waals surface area contributed by atoms with Crippen molar-refractivity contribution < 1.29 is 9.53 Å². The van der Waals surface area contributed by atoms with Crippen molar-refractivity contribution in [2.24, 2.45) is 7.05 Å². The van der Waals surface area contributed by atoms with Crippen molar-refractivity contribution in [3.63, 3.8) is 0 Å². The van der Waals surface area contributed by atoms with Crippen molar-refractivity contribution in [2.75, 3.05) is 12.4 Å². The van der Waals surface area contributed by atoms with Crippen molar-refractivity contribution >= 4 is 11.8 Å². The van der Waals surface area contributed by atoms with Crippen LogP contribution >= 0.6 is 0 Å². The van der Waals surface area contributed by atoms with Crippen LogP contribution in [0.2, 0.25) is 0 Å². The van der Waals surface area contributed by atoms with Gasteiger partial charge in [0.15, 0.2) is 0 Å². The van der Waals surface area contributed by atoms with Gasteiger partial charge in [-0.25, -0.2) is 14.8 Å². The number of esters is 1. The van der Waals surface area contributed by atoms with Crippen LogP contribution in [-0.2, 0) is 18.3 Å². The number of aromatic nitrogens is 4. The average molecular weight is 261 g/mol. The van der Waals surface area contributed by atoms with E-state index in [1.807, 2.05) is 20.2 Å². The first kappa shape index (κ1) is 13.0. The van der Waals surface area contributed by atoms with E-state index in [9.17, 15) is 4.79 Å². The number of methoxy groups -OCH3 is 1. The zero-order valence-electron chi connectivity index (χ0n) is 11.0. The summed E-state index contributed by atoms with van der Waals surface area (Å²) in [6.45, 7) is 2.52. The monoisotopic (exact) mass is 261 g/mol. The third-order valence-electron chi connectivity index (χ3n) is 2.60. The van der Waals surface area contributed by atoms with E-state index in [1.54, 1.807) is 10.7 Å². The Hall–Kier alpha value is -2.44. The fraction of sp³-hybridized carbons (Fsp3) is 0.333. The summed E-state index contributed by atoms with van der Waals surface area (Å²) in [4.78, 5) is 19.2. The highest BCUT2D eigenvalue weighted by Gasteiger charge is 2.10. The van der Waals surface area contributed by atoms with Gasteiger partial charge in [0.1, 0.15) is 5.82 Å². The van der Waals surface area contributed by atoms with Gasteiger partial charge < -0.3 is 10.1 Å². The molecule has 2 aromatic rings. The van der Waals surface area contributed by atoms with Crippen molar-refractivity contribution in [3.05, 3.63) is 35.5 Å². The largest absolute Gasteiger partial charge is 0.463 e. The highest BCUT2D eigenvalue weighted by molar-refractivity contribution is 5.85. The standard InChI is InChI=1S/C12H15N5O2/c1-8-9(7-17(2)16-8)6-14-10-4-5-13-11(15-10)12(18)19-3/h4-5,7H,6H2,1-3H3,(H,13,14,15). The van der Waals surface area contributed by atoms with Crippen molar-refractivity contribution in [2.45, 2.75) is 13.5 Å². The second-order valence-electron chi connectivity index (χ2n) is 4.02. The predicted octanol–water partition coefficient (Wildman–Crippen LogP) is 0.917. The van der Waals surface area contributed by atoms with Gasteiger partial charge in [-0.2, -0.15) is 5.10 Å². The van der Waals surface area contributed by atoms with E-state index in [0.717, 1.165) is 11.3 Å². The quantitative estimate of drug-likeness (QED) is 0.824. The number of rotatable bonds is 4. The summed E-state index contributed by atoms with van der Waals surface area (Å²) in [5.74, 6) is 0.0512. The lowest BCUT2D eigenvalue weighted by Gasteiger charge is -2.05. The molecule has 0 aliphatic carbocycles. The zero-order valence-corrected chi connectivity index (χ0v) is 11.0. The molecule has 0 radical (unpaired) electrons. The second-order valence-corrected chi connectivity index (χ2v) is 4.02. The van der Waals surface area contributed by atoms with Gasteiger partial charge in [-0.1, -0.05) is 0 Å². The highest BCUT2D eigenvalue weighted by atomic mass is 16.5. The molecular weight excluding hydrogens is 246 g/mol. The van der Waals surface area contributed by atoms with Crippen molar-refractivity contribution in [1.29, 1.82) is 0 Å². The molecule has 0 saturated carbocycles. The average Bonchev–Trinajstić information content (AvgIpc) is 2.74. The molecular formula is C12H15N5O2. The van der Waals surface area contributed by atoms with Gasteiger partial charge in [-0.05, 0) is 13.0 Å². The summed E-state index contributed by atoms with van der Waals surface area (Å²) < 4.78 is 6.33. The number of hydrogen-bond donors (Lipinski definition) is 1. The van der Waals surface area contributed by atoms with E-state index in [4.69, 9.17) is 0 Å². The third kappa shape index (κ3) is 3.06. The van der Waals surface area contributed by atoms with E-state index in [-0.39, 0.29) is 5.82 Å². The lowest BCUT2D eigenvalue weighted by Crippen LogP contribution is -2.10. The number of carbonyl (C=O) groups is 1. The topological polar surface area (TPSA) is 81.9 Å². The highest BCUT2D eigenvalue weighted by Crippen LogP contribution is 2.09. The van der Waals surface area contributed by atoms with Gasteiger partial charge in [0.05, 0.1) is 12.8 Å². The first-order valence-electron chi connectivity index (χ1n) is 5.74. The van der Waals surface area contributed by atoms with Gasteiger partial charge in [0.25, 0.3) is 0 Å². The molecule has 1 N–H and O–H groups in total. The van der Waals surface area contributed by atoms with Crippen LogP contribution in [0.25, 0.3) is 0 Å². The Balaban J connectivity index is 2.07. The molecule has 7 heteroatoms. The minimum atomic E-state index is -0.554. The Labute approximate surface area is 110 Å². The molecule has 0 amide bonds. The first-order chi connectivity index (χ1) is 9.10. The molecule has 100 valence electrons. The Morgan fingerprint density at radius 2 is 2.32 bits per heavy atom. The second kappa shape index (κ2) is 5.47. The third-order valence-corrected chi connectivity index (χ3v) is 2.60. The normalized spacial score (nSPS) is 10.3. The maximum absolute atomic E-state index is 11.3. The minimum absolute atomic E-state index is 0.0374. The summed E-state index contributed by atoms with van der Waals surface area (Å²) in [6.07, 6.45) is 3.45. The zero-order chi connectivity index (χ0) is 13.8. The number of carbonyl (C=O) groups excluding carboxylic acids is 1. The van der Waals surface area contributed by atoms with Crippen LogP contribution < -0.4 is 5.32 Å². The maximum Gasteiger partial charge on any atom is 0.376 e. The molecule has 0 saturated heterocycles. The number of anilines is 1. The summed E-state index contributed by atoms with van der Waals surface area (Å²) in [5.41, 5.74) is 2.03. The fourth-order valence-electron chi connectivity index (χ4n) is 1.65. The molecule has 0 aliphatic heterocycles. The number of nitrogens with zero attached hydrogens (tertiary/aromatic N) is 4. The van der Waals surface area contributed by atoms with Gasteiger partial charge in [0, 0.05) is 31.5 Å². The van der Waals surface area contributed by atoms with E-state index < -0.39 is 5.97 Å². The molecule has 0 fully saturated rings. The molecule has 0 unspecified atom stereocenters. The minimum Gasteiger partial charge on any atom is -0.463 e. The van der Waals surface area contributed by atoms with Crippen LogP contribution in [0.1, 0.15) is 21.9 Å². The molecule has 0 spiro atoms. The smallest absolute Gasteiger partial charge is 0.376 e. The molecule has 0 aliphatic rings. The van der Waals surface area contributed by atoms with Crippen LogP contribution in [-0.4, -0.2) is 32.8 Å². The molecule has 2 aromatic heterocycles. The lowest BCUT2D eigenvalue weighted by molar-refractivity contribution is 0.0587. The van der Waals surface area contributed by atoms with E-state index in [0.29, 0.717) is 12.4 Å². The molecule has 19 heavy (non-hydrogen) atoms. The van der Waals surface area contributed by atoms with Gasteiger partial charge in [-0.3, -0.25) is 4.68 Å². The number of nitrogens with one attached hydrogen (secondary N) is 1. The van der Waals surface area contributed by atoms with E-state index in [2.05, 4.69) is 25.1 Å². The number of aryl methyl sites for hydroxylation is 2. The van der Waals surface area contributed by atoms with Crippen molar-refractivity contribution in [3.8, 4) is 0 Å². The molecule has 2 heterocycles. The first-order valence-corrected chi connectivity index (χ1v) is 5.74. The lowest BCUT2D eigenvalue weighted by atomic mass is 10.2. The number of ether oxygens (including phenoxy) is 1. The maximum atomic E-state index is 11.3. The van der Waals surface area contributed by atoms with Gasteiger partial charge in [0.2, 0.25) is 5.82 Å². The van der Waals surface area contributed by atoms with Crippen LogP contribution in [0.3, 0.4) is 0 Å². The van der Waals surface area contributed by atoms with Crippen LogP contribution in [0.4, 0.5) is 5.82 Å². The van der Waals surface area contributed by atoms with E-state index >= 15 is 0 Å². The Kier molecular flexibility index (Phi) is 3.74. The van der Waals surface area contributed by atoms with Crippen LogP contribution in [0, 0.1) is 6.92 Å². The van der Waals surface area contributed by atoms with Crippen LogP contribution in [0.15, 0.2) is 18.5 Å². The van der Waals surface area contributed by atoms with E-state index in [1.165, 1.54) is 13.3 Å². The molecule has 7 nitrogen and oxygen atoms in total.